The molecule has 0 aromatic rings. The fourth-order valence-electron chi connectivity index (χ4n) is 2.41. The summed E-state index contributed by atoms with van der Waals surface area (Å²) < 4.78 is 0. The molecule has 0 bridgehead atoms. The van der Waals surface area contributed by atoms with Gasteiger partial charge in [-0.15, -0.1) is 0 Å². The van der Waals surface area contributed by atoms with Crippen molar-refractivity contribution in [3.63, 3.8) is 0 Å². The fraction of sp³-hybridized carbons (Fsp3) is 0.786. The minimum absolute atomic E-state index is 0.0332. The fourth-order valence-corrected chi connectivity index (χ4v) is 2.41. The Balaban J connectivity index is 2.15. The summed E-state index contributed by atoms with van der Waals surface area (Å²) in [6.07, 6.45) is 4.44. The average Bonchev–Trinajstić information content (AvgIpc) is 2.42. The normalized spacial score (nSPS) is 18.6. The average molecular weight is 284 g/mol. The smallest absolute Gasteiger partial charge is 0.308 e. The van der Waals surface area contributed by atoms with Crippen molar-refractivity contribution in [3.05, 3.63) is 0 Å². The Morgan fingerprint density at radius 1 is 1.25 bits per heavy atom. The number of hydrogen-bond acceptors (Lipinski definition) is 3. The lowest BCUT2D eigenvalue weighted by molar-refractivity contribution is -0.145. The van der Waals surface area contributed by atoms with E-state index in [2.05, 4.69) is 5.32 Å². The molecule has 0 radical (unpaired) electrons. The van der Waals surface area contributed by atoms with Crippen molar-refractivity contribution in [2.45, 2.75) is 45.4 Å². The molecule has 1 aliphatic heterocycles. The monoisotopic (exact) mass is 284 g/mol. The molecular weight excluding hydrogens is 260 g/mol. The van der Waals surface area contributed by atoms with Crippen LogP contribution in [0.2, 0.25) is 0 Å². The summed E-state index contributed by atoms with van der Waals surface area (Å²) in [5, 5.41) is 11.7. The van der Waals surface area contributed by atoms with Crippen molar-refractivity contribution in [2.75, 3.05) is 19.6 Å². The molecule has 1 rings (SSSR count). The van der Waals surface area contributed by atoms with E-state index in [9.17, 15) is 14.4 Å². The maximum atomic E-state index is 12.0. The van der Waals surface area contributed by atoms with Crippen molar-refractivity contribution in [1.82, 2.24) is 10.2 Å². The van der Waals surface area contributed by atoms with Crippen LogP contribution in [0.3, 0.4) is 0 Å². The van der Waals surface area contributed by atoms with Crippen LogP contribution in [0.5, 0.6) is 0 Å². The summed E-state index contributed by atoms with van der Waals surface area (Å²) in [5.74, 6) is -1.20. The first-order chi connectivity index (χ1) is 9.50. The van der Waals surface area contributed by atoms with Gasteiger partial charge in [-0.2, -0.15) is 0 Å². The van der Waals surface area contributed by atoms with Gasteiger partial charge in [0.05, 0.1) is 5.92 Å². The molecule has 0 aliphatic carbocycles. The minimum atomic E-state index is -0.808. The van der Waals surface area contributed by atoms with E-state index in [0.717, 1.165) is 25.7 Å². The highest BCUT2D eigenvalue weighted by Gasteiger charge is 2.27. The molecule has 114 valence electrons. The number of rotatable bonds is 7. The zero-order valence-corrected chi connectivity index (χ0v) is 12.1. The molecule has 0 aromatic carbocycles. The Hall–Kier alpha value is -1.59. The third kappa shape index (κ3) is 6.04. The largest absolute Gasteiger partial charge is 0.481 e. The maximum absolute atomic E-state index is 12.0. The zero-order chi connectivity index (χ0) is 15.0. The van der Waals surface area contributed by atoms with E-state index in [1.807, 2.05) is 0 Å². The summed E-state index contributed by atoms with van der Waals surface area (Å²) in [4.78, 5) is 35.2. The van der Waals surface area contributed by atoms with Gasteiger partial charge in [-0.05, 0) is 25.7 Å². The number of nitrogens with one attached hydrogen (secondary N) is 1. The molecule has 0 spiro atoms. The number of likely N-dealkylation sites (tertiary alicyclic amines) is 1. The Morgan fingerprint density at radius 3 is 2.65 bits per heavy atom. The summed E-state index contributed by atoms with van der Waals surface area (Å²) in [7, 11) is 0. The van der Waals surface area contributed by atoms with Gasteiger partial charge in [0.25, 0.3) is 0 Å². The van der Waals surface area contributed by atoms with E-state index in [4.69, 9.17) is 5.11 Å². The van der Waals surface area contributed by atoms with Crippen molar-refractivity contribution in [2.24, 2.45) is 5.92 Å². The summed E-state index contributed by atoms with van der Waals surface area (Å²) in [5.41, 5.74) is 0. The molecule has 6 heteroatoms. The number of carboxylic acid groups (broad SMARTS) is 1. The Morgan fingerprint density at radius 2 is 2.00 bits per heavy atom. The van der Waals surface area contributed by atoms with Gasteiger partial charge in [0.15, 0.2) is 0 Å². The van der Waals surface area contributed by atoms with Crippen LogP contribution in [0, 0.1) is 5.92 Å². The van der Waals surface area contributed by atoms with Crippen LogP contribution in [0.15, 0.2) is 0 Å². The topological polar surface area (TPSA) is 86.7 Å². The number of nitrogens with zero attached hydrogens (tertiary/aromatic N) is 1. The van der Waals surface area contributed by atoms with Crippen LogP contribution in [0.1, 0.15) is 45.4 Å². The lowest BCUT2D eigenvalue weighted by atomic mass is 9.98. The molecule has 0 unspecified atom stereocenters. The van der Waals surface area contributed by atoms with E-state index in [-0.39, 0.29) is 11.8 Å². The van der Waals surface area contributed by atoms with Crippen LogP contribution >= 0.6 is 0 Å². The molecule has 20 heavy (non-hydrogen) atoms. The third-order valence-corrected chi connectivity index (χ3v) is 3.56. The standard InChI is InChI=1S/C14H24N2O4/c1-11(17)15-8-4-2-3-7-13(18)16-9-5-6-12(10-16)14(19)20/h12H,2-10H2,1H3,(H,15,17)(H,19,20)/t12-/m0/s1. The van der Waals surface area contributed by atoms with E-state index in [1.54, 1.807) is 4.90 Å². The van der Waals surface area contributed by atoms with E-state index in [0.29, 0.717) is 32.5 Å². The molecule has 1 heterocycles. The first-order valence-electron chi connectivity index (χ1n) is 7.25. The highest BCUT2D eigenvalue weighted by Crippen LogP contribution is 2.18. The van der Waals surface area contributed by atoms with Crippen LogP contribution < -0.4 is 5.32 Å². The van der Waals surface area contributed by atoms with Crippen LogP contribution in [0.4, 0.5) is 0 Å². The lowest BCUT2D eigenvalue weighted by Gasteiger charge is -2.30. The van der Waals surface area contributed by atoms with Crippen molar-refractivity contribution < 1.29 is 19.5 Å². The highest BCUT2D eigenvalue weighted by molar-refractivity contribution is 5.78. The molecule has 6 nitrogen and oxygen atoms in total. The SMILES string of the molecule is CC(=O)NCCCCCC(=O)N1CCC[C@H](C(=O)O)C1. The van der Waals surface area contributed by atoms with Gasteiger partial charge in [-0.1, -0.05) is 6.42 Å². The molecule has 1 fully saturated rings. The number of carbonyl (C=O) groups is 3. The van der Waals surface area contributed by atoms with Gasteiger partial charge in [-0.25, -0.2) is 0 Å². The summed E-state index contributed by atoms with van der Waals surface area (Å²) in [6.45, 7) is 3.15. The van der Waals surface area contributed by atoms with Crippen molar-refractivity contribution in [1.29, 1.82) is 0 Å². The van der Waals surface area contributed by atoms with E-state index < -0.39 is 11.9 Å². The number of piperidine rings is 1. The maximum Gasteiger partial charge on any atom is 0.308 e. The van der Waals surface area contributed by atoms with Gasteiger partial charge in [0.2, 0.25) is 11.8 Å². The second-order valence-corrected chi connectivity index (χ2v) is 5.31. The Kier molecular flexibility index (Phi) is 7.04. The number of carboxylic acids is 1. The molecule has 0 aromatic heterocycles. The van der Waals surface area contributed by atoms with E-state index >= 15 is 0 Å². The van der Waals surface area contributed by atoms with Crippen LogP contribution in [-0.4, -0.2) is 47.4 Å². The molecule has 2 N–H and O–H groups in total. The van der Waals surface area contributed by atoms with Gasteiger partial charge >= 0.3 is 5.97 Å². The third-order valence-electron chi connectivity index (χ3n) is 3.56. The van der Waals surface area contributed by atoms with Gasteiger partial charge in [-0.3, -0.25) is 14.4 Å². The molecular formula is C14H24N2O4. The number of aliphatic carboxylic acids is 1. The summed E-state index contributed by atoms with van der Waals surface area (Å²) in [6, 6.07) is 0. The molecule has 2 amide bonds. The van der Waals surface area contributed by atoms with Gasteiger partial charge in [0, 0.05) is 33.0 Å². The second kappa shape index (κ2) is 8.55. The number of hydrogen-bond donors (Lipinski definition) is 2. The van der Waals surface area contributed by atoms with Crippen molar-refractivity contribution >= 4 is 17.8 Å². The molecule has 0 saturated carbocycles. The first-order valence-corrected chi connectivity index (χ1v) is 7.25. The van der Waals surface area contributed by atoms with Gasteiger partial charge < -0.3 is 15.3 Å². The molecule has 1 saturated heterocycles. The van der Waals surface area contributed by atoms with Crippen LogP contribution in [0.25, 0.3) is 0 Å². The number of carbonyl (C=O) groups excluding carboxylic acids is 2. The second-order valence-electron chi connectivity index (χ2n) is 5.31. The minimum Gasteiger partial charge on any atom is -0.481 e. The molecule has 1 aliphatic rings. The summed E-state index contributed by atoms with van der Waals surface area (Å²) >= 11 is 0. The highest BCUT2D eigenvalue weighted by atomic mass is 16.4. The van der Waals surface area contributed by atoms with Gasteiger partial charge in [0.1, 0.15) is 0 Å². The molecule has 1 atom stereocenters. The number of amides is 2. The lowest BCUT2D eigenvalue weighted by Crippen LogP contribution is -2.42. The quantitative estimate of drug-likeness (QED) is 0.683. The first kappa shape index (κ1) is 16.5. The predicted molar refractivity (Wildman–Crippen MR) is 74.1 cm³/mol. The Labute approximate surface area is 119 Å². The number of unbranched alkanes of at least 4 members (excludes halogenated alkanes) is 2. The van der Waals surface area contributed by atoms with Crippen molar-refractivity contribution in [3.8, 4) is 0 Å². The zero-order valence-electron chi connectivity index (χ0n) is 12.1. The Bertz CT molecular complexity index is 357. The predicted octanol–water partition coefficient (Wildman–Crippen LogP) is 1.01. The van der Waals surface area contributed by atoms with E-state index in [1.165, 1.54) is 6.92 Å². The van der Waals surface area contributed by atoms with Crippen LogP contribution in [-0.2, 0) is 14.4 Å².